The van der Waals surface area contributed by atoms with Crippen LogP contribution in [0.1, 0.15) is 28.8 Å². The molecular formula is C20H17NO7. The van der Waals surface area contributed by atoms with Gasteiger partial charge in [0, 0.05) is 18.2 Å². The maximum atomic E-state index is 11.7. The summed E-state index contributed by atoms with van der Waals surface area (Å²) in [5.41, 5.74) is 0.557. The monoisotopic (exact) mass is 383 g/mol. The third-order valence-corrected chi connectivity index (χ3v) is 4.07. The molecule has 28 heavy (non-hydrogen) atoms. The van der Waals surface area contributed by atoms with Gasteiger partial charge in [0.1, 0.15) is 24.2 Å². The van der Waals surface area contributed by atoms with Gasteiger partial charge in [-0.05, 0) is 42.3 Å². The van der Waals surface area contributed by atoms with Gasteiger partial charge in [0.2, 0.25) is 11.2 Å². The van der Waals surface area contributed by atoms with E-state index in [1.807, 2.05) is 0 Å². The average molecular weight is 383 g/mol. The predicted octanol–water partition coefficient (Wildman–Crippen LogP) is 3.22. The number of rotatable bonds is 6. The van der Waals surface area contributed by atoms with Crippen molar-refractivity contribution in [1.82, 2.24) is 0 Å². The van der Waals surface area contributed by atoms with E-state index >= 15 is 0 Å². The quantitative estimate of drug-likeness (QED) is 0.495. The van der Waals surface area contributed by atoms with Crippen LogP contribution in [0.5, 0.6) is 11.5 Å². The minimum absolute atomic E-state index is 0.00754. The molecule has 8 nitrogen and oxygen atoms in total. The number of ether oxygens (including phenoxy) is 1. The topological polar surface area (TPSA) is 123 Å². The van der Waals surface area contributed by atoms with Crippen molar-refractivity contribution in [2.24, 2.45) is 0 Å². The number of nitrogens with zero attached hydrogens (tertiary/aromatic N) is 1. The zero-order valence-corrected chi connectivity index (χ0v) is 14.9. The maximum absolute atomic E-state index is 11.7. The van der Waals surface area contributed by atoms with Crippen LogP contribution in [0.4, 0.5) is 5.69 Å². The minimum Gasteiger partial charge on any atom is -0.502 e. The second-order valence-electron chi connectivity index (χ2n) is 6.12. The molecule has 2 N–H and O–H groups in total. The number of hydrogen-bond donors (Lipinski definition) is 2. The Morgan fingerprint density at radius 1 is 1.14 bits per heavy atom. The highest BCUT2D eigenvalue weighted by Crippen LogP contribution is 2.29. The summed E-state index contributed by atoms with van der Waals surface area (Å²) in [6.07, 6.45) is -1.31. The van der Waals surface area contributed by atoms with E-state index in [-0.39, 0.29) is 23.8 Å². The minimum atomic E-state index is -1.31. The van der Waals surface area contributed by atoms with Gasteiger partial charge in [0.05, 0.1) is 4.92 Å². The number of benzene rings is 2. The highest BCUT2D eigenvalue weighted by molar-refractivity contribution is 5.36. The second-order valence-corrected chi connectivity index (χ2v) is 6.12. The van der Waals surface area contributed by atoms with Gasteiger partial charge in [0.15, 0.2) is 5.76 Å². The first-order valence-electron chi connectivity index (χ1n) is 8.33. The fourth-order valence-corrected chi connectivity index (χ4v) is 2.59. The van der Waals surface area contributed by atoms with Crippen molar-refractivity contribution in [3.63, 3.8) is 0 Å². The SMILES string of the molecule is Cc1cc(=O)c(O)c(C(O)c2ccc(OCc3ccc([N+](=O)[O-])cc3)cc2)o1. The Morgan fingerprint density at radius 2 is 1.79 bits per heavy atom. The van der Waals surface area contributed by atoms with Crippen LogP contribution < -0.4 is 10.2 Å². The first-order chi connectivity index (χ1) is 13.3. The summed E-state index contributed by atoms with van der Waals surface area (Å²) in [4.78, 5) is 21.8. The highest BCUT2D eigenvalue weighted by Gasteiger charge is 2.20. The van der Waals surface area contributed by atoms with E-state index in [0.717, 1.165) is 11.6 Å². The van der Waals surface area contributed by atoms with Crippen LogP contribution in [0.15, 0.2) is 63.8 Å². The van der Waals surface area contributed by atoms with Crippen LogP contribution in [-0.4, -0.2) is 15.1 Å². The maximum Gasteiger partial charge on any atom is 0.269 e. The van der Waals surface area contributed by atoms with Gasteiger partial charge in [-0.25, -0.2) is 0 Å². The molecule has 0 radical (unpaired) electrons. The lowest BCUT2D eigenvalue weighted by molar-refractivity contribution is -0.384. The normalized spacial score (nSPS) is 11.8. The lowest BCUT2D eigenvalue weighted by Gasteiger charge is -2.13. The van der Waals surface area contributed by atoms with Gasteiger partial charge in [0.25, 0.3) is 5.69 Å². The van der Waals surface area contributed by atoms with E-state index in [1.54, 1.807) is 43.3 Å². The van der Waals surface area contributed by atoms with E-state index in [9.17, 15) is 25.1 Å². The molecule has 8 heteroatoms. The first kappa shape index (κ1) is 19.1. The van der Waals surface area contributed by atoms with Crippen LogP contribution in [-0.2, 0) is 6.61 Å². The molecule has 1 unspecified atom stereocenters. The van der Waals surface area contributed by atoms with Crippen molar-refractivity contribution in [3.05, 3.63) is 97.6 Å². The Kier molecular flexibility index (Phi) is 5.42. The van der Waals surface area contributed by atoms with Crippen LogP contribution in [0.2, 0.25) is 0 Å². The van der Waals surface area contributed by atoms with Crippen molar-refractivity contribution >= 4 is 5.69 Å². The smallest absolute Gasteiger partial charge is 0.269 e. The van der Waals surface area contributed by atoms with Gasteiger partial charge < -0.3 is 19.4 Å². The lowest BCUT2D eigenvalue weighted by atomic mass is 10.1. The molecule has 1 aromatic heterocycles. The summed E-state index contributed by atoms with van der Waals surface area (Å²) in [7, 11) is 0. The molecule has 0 aliphatic heterocycles. The molecule has 3 aromatic rings. The third-order valence-electron chi connectivity index (χ3n) is 4.07. The summed E-state index contributed by atoms with van der Waals surface area (Å²) in [5, 5.41) is 30.9. The molecule has 1 atom stereocenters. The van der Waals surface area contributed by atoms with Gasteiger partial charge in [-0.1, -0.05) is 12.1 Å². The molecule has 3 rings (SSSR count). The molecule has 144 valence electrons. The number of nitro groups is 1. The first-order valence-corrected chi connectivity index (χ1v) is 8.33. The molecule has 0 saturated heterocycles. The van der Waals surface area contributed by atoms with Crippen molar-refractivity contribution < 1.29 is 24.3 Å². The second kappa shape index (κ2) is 7.93. The van der Waals surface area contributed by atoms with Crippen LogP contribution >= 0.6 is 0 Å². The molecule has 0 saturated carbocycles. The van der Waals surface area contributed by atoms with Crippen molar-refractivity contribution in [2.45, 2.75) is 19.6 Å². The number of aliphatic hydroxyl groups is 1. The van der Waals surface area contributed by atoms with E-state index in [2.05, 4.69) is 0 Å². The Hall–Kier alpha value is -3.65. The van der Waals surface area contributed by atoms with Crippen molar-refractivity contribution in [2.75, 3.05) is 0 Å². The van der Waals surface area contributed by atoms with Crippen molar-refractivity contribution in [1.29, 1.82) is 0 Å². The zero-order valence-electron chi connectivity index (χ0n) is 14.9. The molecule has 0 aliphatic rings. The third kappa shape index (κ3) is 4.18. The number of nitro benzene ring substituents is 1. The van der Waals surface area contributed by atoms with Crippen LogP contribution in [0.3, 0.4) is 0 Å². The largest absolute Gasteiger partial charge is 0.502 e. The Morgan fingerprint density at radius 3 is 2.39 bits per heavy atom. The number of aryl methyl sites for hydroxylation is 1. The highest BCUT2D eigenvalue weighted by atomic mass is 16.6. The van der Waals surface area contributed by atoms with E-state index in [1.165, 1.54) is 12.1 Å². The predicted molar refractivity (Wildman–Crippen MR) is 99.3 cm³/mol. The lowest BCUT2D eigenvalue weighted by Crippen LogP contribution is -2.08. The van der Waals surface area contributed by atoms with Crippen molar-refractivity contribution in [3.8, 4) is 11.5 Å². The van der Waals surface area contributed by atoms with Gasteiger partial charge in [-0.2, -0.15) is 0 Å². The Bertz CT molecular complexity index is 1040. The summed E-state index contributed by atoms with van der Waals surface area (Å²) in [6.45, 7) is 1.76. The van der Waals surface area contributed by atoms with Crippen LogP contribution in [0.25, 0.3) is 0 Å². The number of hydrogen-bond acceptors (Lipinski definition) is 7. The fourth-order valence-electron chi connectivity index (χ4n) is 2.59. The summed E-state index contributed by atoms with van der Waals surface area (Å²) >= 11 is 0. The number of non-ortho nitro benzene ring substituents is 1. The van der Waals surface area contributed by atoms with Gasteiger partial charge in [-0.15, -0.1) is 0 Å². The summed E-state index contributed by atoms with van der Waals surface area (Å²) in [5.74, 6) is -0.0507. The van der Waals surface area contributed by atoms with E-state index < -0.39 is 22.2 Å². The standard InChI is InChI=1S/C20H17NO7/c1-12-10-17(22)19(24)20(28-12)18(23)14-4-8-16(9-5-14)27-11-13-2-6-15(7-3-13)21(25)26/h2-10,18,23-24H,11H2,1H3. The molecule has 0 amide bonds. The van der Waals surface area contributed by atoms with Gasteiger partial charge in [-0.3, -0.25) is 14.9 Å². The summed E-state index contributed by atoms with van der Waals surface area (Å²) in [6, 6.07) is 13.6. The number of aromatic hydroxyl groups is 1. The number of aliphatic hydroxyl groups excluding tert-OH is 1. The molecule has 0 bridgehead atoms. The summed E-state index contributed by atoms with van der Waals surface area (Å²) < 4.78 is 10.9. The zero-order chi connectivity index (χ0) is 20.3. The molecule has 0 spiro atoms. The van der Waals surface area contributed by atoms with E-state index in [4.69, 9.17) is 9.15 Å². The Labute approximate surface area is 159 Å². The van der Waals surface area contributed by atoms with Gasteiger partial charge >= 0.3 is 0 Å². The average Bonchev–Trinajstić information content (AvgIpc) is 2.69. The molecule has 0 fully saturated rings. The Balaban J connectivity index is 1.69. The molecule has 0 aliphatic carbocycles. The molecular weight excluding hydrogens is 366 g/mol. The molecule has 2 aromatic carbocycles. The van der Waals surface area contributed by atoms with Crippen LogP contribution in [0, 0.1) is 17.0 Å². The van der Waals surface area contributed by atoms with E-state index in [0.29, 0.717) is 11.3 Å². The molecule has 1 heterocycles. The fraction of sp³-hybridized carbons (Fsp3) is 0.150.